The minimum absolute atomic E-state index is 0.0505. The summed E-state index contributed by atoms with van der Waals surface area (Å²) in [6, 6.07) is 7.96. The van der Waals surface area contributed by atoms with Crippen molar-refractivity contribution in [1.82, 2.24) is 9.80 Å². The maximum atomic E-state index is 12.5. The van der Waals surface area contributed by atoms with E-state index < -0.39 is 0 Å². The van der Waals surface area contributed by atoms with Crippen molar-refractivity contribution in [1.29, 1.82) is 0 Å². The van der Waals surface area contributed by atoms with E-state index in [0.29, 0.717) is 13.0 Å². The Balaban J connectivity index is 1.94. The summed E-state index contributed by atoms with van der Waals surface area (Å²) in [5, 5.41) is 0. The molecule has 1 aromatic rings. The summed E-state index contributed by atoms with van der Waals surface area (Å²) in [7, 11) is 5.21. The predicted molar refractivity (Wildman–Crippen MR) is 84.7 cm³/mol. The third-order valence-electron chi connectivity index (χ3n) is 4.39. The van der Waals surface area contributed by atoms with Gasteiger partial charge in [-0.3, -0.25) is 9.59 Å². The zero-order valence-electron chi connectivity index (χ0n) is 13.7. The molecule has 0 bridgehead atoms. The number of nitrogens with zero attached hydrogens (tertiary/aromatic N) is 2. The van der Waals surface area contributed by atoms with Crippen molar-refractivity contribution < 1.29 is 14.3 Å². The molecule has 1 saturated heterocycles. The molecule has 120 valence electrons. The van der Waals surface area contributed by atoms with Crippen LogP contribution >= 0.6 is 0 Å². The van der Waals surface area contributed by atoms with E-state index in [1.807, 2.05) is 38.2 Å². The van der Waals surface area contributed by atoms with Gasteiger partial charge in [0, 0.05) is 33.1 Å². The lowest BCUT2D eigenvalue weighted by Crippen LogP contribution is -2.41. The highest BCUT2D eigenvalue weighted by Crippen LogP contribution is 2.20. The molecule has 5 nitrogen and oxygen atoms in total. The van der Waals surface area contributed by atoms with Crippen LogP contribution in [-0.4, -0.2) is 55.4 Å². The number of likely N-dealkylation sites (tertiary alicyclic amines) is 1. The lowest BCUT2D eigenvalue weighted by Gasteiger charge is -2.27. The van der Waals surface area contributed by atoms with Crippen LogP contribution in [0.3, 0.4) is 0 Å². The first kappa shape index (κ1) is 16.3. The van der Waals surface area contributed by atoms with E-state index in [0.717, 1.165) is 17.7 Å². The molecule has 1 heterocycles. The molecule has 2 atom stereocenters. The van der Waals surface area contributed by atoms with Gasteiger partial charge in [-0.1, -0.05) is 12.1 Å². The van der Waals surface area contributed by atoms with E-state index in [9.17, 15) is 9.59 Å². The van der Waals surface area contributed by atoms with Gasteiger partial charge in [0.05, 0.1) is 13.0 Å². The van der Waals surface area contributed by atoms with Gasteiger partial charge in [0.25, 0.3) is 0 Å². The van der Waals surface area contributed by atoms with Gasteiger partial charge in [-0.25, -0.2) is 0 Å². The average molecular weight is 304 g/mol. The number of hydrogen-bond acceptors (Lipinski definition) is 3. The zero-order valence-corrected chi connectivity index (χ0v) is 13.7. The Labute approximate surface area is 131 Å². The lowest BCUT2D eigenvalue weighted by molar-refractivity contribution is -0.136. The van der Waals surface area contributed by atoms with Crippen molar-refractivity contribution in [3.8, 4) is 5.75 Å². The molecule has 2 amide bonds. The fraction of sp³-hybridized carbons (Fsp3) is 0.529. The summed E-state index contributed by atoms with van der Waals surface area (Å²) in [5.41, 5.74) is 1.16. The van der Waals surface area contributed by atoms with Crippen LogP contribution < -0.4 is 4.74 Å². The SMILES string of the molecule is COc1ccc(C[C@H](C)N(C)C(=O)[C@H]2CC(=O)N(C)C2)cc1. The summed E-state index contributed by atoms with van der Waals surface area (Å²) in [6.45, 7) is 2.56. The van der Waals surface area contributed by atoms with E-state index in [4.69, 9.17) is 4.74 Å². The molecule has 22 heavy (non-hydrogen) atoms. The van der Waals surface area contributed by atoms with E-state index in [1.54, 1.807) is 24.0 Å². The molecule has 2 rings (SSSR count). The van der Waals surface area contributed by atoms with Gasteiger partial charge >= 0.3 is 0 Å². The number of rotatable bonds is 5. The number of ether oxygens (including phenoxy) is 1. The predicted octanol–water partition coefficient (Wildman–Crippen LogP) is 1.56. The zero-order chi connectivity index (χ0) is 16.3. The summed E-state index contributed by atoms with van der Waals surface area (Å²) in [5.74, 6) is 0.724. The molecular formula is C17H24N2O3. The molecule has 0 unspecified atom stereocenters. The van der Waals surface area contributed by atoms with Crippen molar-refractivity contribution in [3.05, 3.63) is 29.8 Å². The first-order valence-electron chi connectivity index (χ1n) is 7.56. The van der Waals surface area contributed by atoms with Crippen LogP contribution in [0.1, 0.15) is 18.9 Å². The maximum Gasteiger partial charge on any atom is 0.227 e. The Kier molecular flexibility index (Phi) is 5.06. The van der Waals surface area contributed by atoms with E-state index in [1.165, 1.54) is 0 Å². The third-order valence-corrected chi connectivity index (χ3v) is 4.39. The number of amides is 2. The highest BCUT2D eigenvalue weighted by Gasteiger charge is 2.34. The monoisotopic (exact) mass is 304 g/mol. The van der Waals surface area contributed by atoms with Gasteiger partial charge in [-0.15, -0.1) is 0 Å². The molecular weight excluding hydrogens is 280 g/mol. The van der Waals surface area contributed by atoms with Crippen LogP contribution in [0.5, 0.6) is 5.75 Å². The Morgan fingerprint density at radius 1 is 1.41 bits per heavy atom. The second kappa shape index (κ2) is 6.81. The molecule has 0 spiro atoms. The van der Waals surface area contributed by atoms with Crippen LogP contribution in [0.2, 0.25) is 0 Å². The maximum absolute atomic E-state index is 12.5. The molecule has 1 fully saturated rings. The standard InChI is InChI=1S/C17H24N2O3/c1-12(9-13-5-7-15(22-4)8-6-13)19(3)17(21)14-10-16(20)18(2)11-14/h5-8,12,14H,9-11H2,1-4H3/t12-,14-/m0/s1. The van der Waals surface area contributed by atoms with Crippen molar-refractivity contribution in [2.45, 2.75) is 25.8 Å². The van der Waals surface area contributed by atoms with Crippen molar-refractivity contribution >= 4 is 11.8 Å². The molecule has 0 saturated carbocycles. The normalized spacial score (nSPS) is 19.2. The van der Waals surface area contributed by atoms with Gasteiger partial charge in [0.2, 0.25) is 11.8 Å². The second-order valence-electron chi connectivity index (χ2n) is 6.03. The van der Waals surface area contributed by atoms with Crippen molar-refractivity contribution in [2.75, 3.05) is 27.7 Å². The van der Waals surface area contributed by atoms with Crippen LogP contribution in [-0.2, 0) is 16.0 Å². The van der Waals surface area contributed by atoms with Crippen molar-refractivity contribution in [2.24, 2.45) is 5.92 Å². The summed E-state index contributed by atoms with van der Waals surface area (Å²) in [6.07, 6.45) is 1.11. The number of likely N-dealkylation sites (N-methyl/N-ethyl adjacent to an activating group) is 1. The van der Waals surface area contributed by atoms with Gasteiger partial charge in [-0.2, -0.15) is 0 Å². The average Bonchev–Trinajstić information content (AvgIpc) is 2.86. The summed E-state index contributed by atoms with van der Waals surface area (Å²) < 4.78 is 5.15. The molecule has 5 heteroatoms. The molecule has 0 aliphatic carbocycles. The Morgan fingerprint density at radius 3 is 2.55 bits per heavy atom. The molecule has 0 radical (unpaired) electrons. The third kappa shape index (κ3) is 3.59. The highest BCUT2D eigenvalue weighted by molar-refractivity contribution is 5.89. The quantitative estimate of drug-likeness (QED) is 0.829. The number of hydrogen-bond donors (Lipinski definition) is 0. The van der Waals surface area contributed by atoms with Crippen LogP contribution in [0.25, 0.3) is 0 Å². The highest BCUT2D eigenvalue weighted by atomic mass is 16.5. The van der Waals surface area contributed by atoms with Gasteiger partial charge in [0.1, 0.15) is 5.75 Å². The fourth-order valence-corrected chi connectivity index (χ4v) is 2.77. The van der Waals surface area contributed by atoms with Crippen molar-refractivity contribution in [3.63, 3.8) is 0 Å². The molecule has 0 N–H and O–H groups in total. The van der Waals surface area contributed by atoms with Crippen LogP contribution in [0.4, 0.5) is 0 Å². The van der Waals surface area contributed by atoms with E-state index in [-0.39, 0.29) is 23.8 Å². The lowest BCUT2D eigenvalue weighted by atomic mass is 10.0. The second-order valence-corrected chi connectivity index (χ2v) is 6.03. The van der Waals surface area contributed by atoms with Crippen LogP contribution in [0, 0.1) is 5.92 Å². The van der Waals surface area contributed by atoms with Gasteiger partial charge < -0.3 is 14.5 Å². The van der Waals surface area contributed by atoms with E-state index >= 15 is 0 Å². The largest absolute Gasteiger partial charge is 0.497 e. The minimum atomic E-state index is -0.208. The summed E-state index contributed by atoms with van der Waals surface area (Å²) >= 11 is 0. The van der Waals surface area contributed by atoms with Crippen LogP contribution in [0.15, 0.2) is 24.3 Å². The number of methoxy groups -OCH3 is 1. The number of carbonyl (C=O) groups is 2. The first-order valence-corrected chi connectivity index (χ1v) is 7.56. The van der Waals surface area contributed by atoms with Gasteiger partial charge in [0.15, 0.2) is 0 Å². The Bertz CT molecular complexity index is 541. The summed E-state index contributed by atoms with van der Waals surface area (Å²) in [4.78, 5) is 27.5. The Hall–Kier alpha value is -2.04. The molecule has 1 aromatic carbocycles. The fourth-order valence-electron chi connectivity index (χ4n) is 2.77. The number of carbonyl (C=O) groups excluding carboxylic acids is 2. The molecule has 0 aromatic heterocycles. The van der Waals surface area contributed by atoms with Gasteiger partial charge in [-0.05, 0) is 31.0 Å². The Morgan fingerprint density at radius 2 is 2.05 bits per heavy atom. The smallest absolute Gasteiger partial charge is 0.227 e. The number of benzene rings is 1. The molecule has 1 aliphatic rings. The topological polar surface area (TPSA) is 49.9 Å². The minimum Gasteiger partial charge on any atom is -0.497 e. The molecule has 1 aliphatic heterocycles. The first-order chi connectivity index (χ1) is 10.4. The van der Waals surface area contributed by atoms with E-state index in [2.05, 4.69) is 0 Å².